The van der Waals surface area contributed by atoms with Gasteiger partial charge in [-0.1, -0.05) is 19.4 Å². The van der Waals surface area contributed by atoms with Gasteiger partial charge in [0.15, 0.2) is 0 Å². The fourth-order valence-corrected chi connectivity index (χ4v) is 0.184. The van der Waals surface area contributed by atoms with Gasteiger partial charge < -0.3 is 54.6 Å². The summed E-state index contributed by atoms with van der Waals surface area (Å²) in [5.74, 6) is 0. The van der Waals surface area contributed by atoms with Crippen LogP contribution in [0.3, 0.4) is 0 Å². The van der Waals surface area contributed by atoms with Crippen LogP contribution in [0.25, 0.3) is 0 Å². The van der Waals surface area contributed by atoms with Gasteiger partial charge in [0.25, 0.3) is 0 Å². The first-order chi connectivity index (χ1) is 10.6. The van der Waals surface area contributed by atoms with Crippen LogP contribution >= 0.6 is 0 Å². The van der Waals surface area contributed by atoms with E-state index in [9.17, 15) is 0 Å². The Morgan fingerprint density at radius 1 is 0.750 bits per heavy atom. The first-order valence-electron chi connectivity index (χ1n) is 5.06. The zero-order valence-corrected chi connectivity index (χ0v) is 18.4. The van der Waals surface area contributed by atoms with E-state index in [2.05, 4.69) is 21.6 Å². The van der Waals surface area contributed by atoms with Gasteiger partial charge in [-0.2, -0.15) is 7.11 Å². The van der Waals surface area contributed by atoms with E-state index in [0.29, 0.717) is 12.9 Å². The van der Waals surface area contributed by atoms with Crippen molar-refractivity contribution >= 4 is 19.4 Å². The fraction of sp³-hybridized carbons (Fsp3) is 0.600. The number of aliphatic hydroxyl groups excluding tert-OH is 6. The quantitative estimate of drug-likeness (QED) is 0.0878. The summed E-state index contributed by atoms with van der Waals surface area (Å²) < 4.78 is 3.93. The van der Waals surface area contributed by atoms with E-state index in [-0.39, 0.29) is 105 Å². The Hall–Kier alpha value is 0.378. The van der Waals surface area contributed by atoms with Gasteiger partial charge in [0.2, 0.25) is 0 Å². The van der Waals surface area contributed by atoms with Gasteiger partial charge in [-0.25, -0.2) is 0 Å². The molecule has 0 saturated carbocycles. The molecule has 0 saturated heterocycles. The summed E-state index contributed by atoms with van der Waals surface area (Å²) in [7, 11) is 2.89. The van der Waals surface area contributed by atoms with Gasteiger partial charge in [0.1, 0.15) is 6.61 Å². The van der Waals surface area contributed by atoms with E-state index in [0.717, 1.165) is 6.47 Å². The molecule has 0 aromatic heterocycles. The molecule has 24 heavy (non-hydrogen) atoms. The van der Waals surface area contributed by atoms with Gasteiger partial charge in [-0.15, -0.1) is 0 Å². The molecule has 0 atom stereocenters. The molecule has 2 radical (unpaired) electrons. The average molecular weight is 510 g/mol. The molecular formula is C10H20O12Y2-4. The third-order valence-electron chi connectivity index (χ3n) is 0.610. The molecule has 6 N–H and O–H groups in total. The molecule has 0 fully saturated rings. The summed E-state index contributed by atoms with van der Waals surface area (Å²) in [6, 6.07) is 0. The summed E-state index contributed by atoms with van der Waals surface area (Å²) in [5.41, 5.74) is 0. The number of aliphatic hydroxyl groups is 4. The van der Waals surface area contributed by atoms with Crippen molar-refractivity contribution in [1.82, 2.24) is 0 Å². The minimum Gasteiger partial charge on any atom is -0.665 e. The summed E-state index contributed by atoms with van der Waals surface area (Å²) in [6.07, 6.45) is 0. The zero-order chi connectivity index (χ0) is 18.5. The molecule has 0 aromatic rings. The van der Waals surface area contributed by atoms with Crippen molar-refractivity contribution in [1.29, 1.82) is 0 Å². The predicted molar refractivity (Wildman–Crippen MR) is 69.0 cm³/mol. The number of hydrogen-bond acceptors (Lipinski definition) is 10. The molecule has 0 rings (SSSR count). The van der Waals surface area contributed by atoms with Crippen LogP contribution in [0.4, 0.5) is 0 Å². The van der Waals surface area contributed by atoms with E-state index >= 15 is 0 Å². The number of hydrogen-bond donors (Lipinski definition) is 6. The maximum absolute atomic E-state index is 9.11. The van der Waals surface area contributed by atoms with Crippen LogP contribution in [0.15, 0.2) is 0 Å². The molecule has 0 amide bonds. The van der Waals surface area contributed by atoms with Crippen molar-refractivity contribution in [2.24, 2.45) is 0 Å². The van der Waals surface area contributed by atoms with Crippen LogP contribution in [-0.4, -0.2) is 89.7 Å². The Labute approximate surface area is 189 Å². The molecule has 0 spiro atoms. The van der Waals surface area contributed by atoms with Crippen LogP contribution in [-0.2, 0) is 94.3 Å². The Morgan fingerprint density at radius 3 is 1.17 bits per heavy atom. The first kappa shape index (κ1) is 44.1. The second kappa shape index (κ2) is 76.4. The van der Waals surface area contributed by atoms with Crippen molar-refractivity contribution in [3.8, 4) is 0 Å². The molecule has 0 bridgehead atoms. The molecule has 0 aromatic carbocycles. The Balaban J connectivity index is -0.0000000305. The molecule has 0 aliphatic heterocycles. The number of ether oxygens (including phenoxy) is 1. The summed E-state index contributed by atoms with van der Waals surface area (Å²) >= 11 is 0. The minimum atomic E-state index is -0.130. The zero-order valence-electron chi connectivity index (χ0n) is 12.7. The van der Waals surface area contributed by atoms with Crippen LogP contribution in [0.1, 0.15) is 0 Å². The molecule has 0 aliphatic rings. The summed E-state index contributed by atoms with van der Waals surface area (Å²) in [5, 5.41) is 44.6. The summed E-state index contributed by atoms with van der Waals surface area (Å²) in [6.45, 7) is 1.98. The second-order valence-corrected chi connectivity index (χ2v) is 1.95. The molecule has 14 heteroatoms. The number of carbonyl (C=O) groups excluding carboxylic acids is 1. The third-order valence-corrected chi connectivity index (χ3v) is 0.610. The van der Waals surface area contributed by atoms with E-state index < -0.39 is 0 Å². The van der Waals surface area contributed by atoms with Gasteiger partial charge in [-0.3, -0.25) is 4.89 Å². The van der Waals surface area contributed by atoms with Crippen molar-refractivity contribution in [3.05, 3.63) is 7.11 Å². The largest absolute Gasteiger partial charge is 0.665 e. The predicted octanol–water partition coefficient (Wildman–Crippen LogP) is -3.03. The normalized spacial score (nSPS) is 6.38. The smallest absolute Gasteiger partial charge is 0.102 e. The maximum atomic E-state index is 9.11. The van der Waals surface area contributed by atoms with Crippen molar-refractivity contribution in [2.45, 2.75) is 0 Å². The van der Waals surface area contributed by atoms with Crippen LogP contribution in [0.5, 0.6) is 0 Å². The Morgan fingerprint density at radius 2 is 1.08 bits per heavy atom. The van der Waals surface area contributed by atoms with Crippen molar-refractivity contribution in [3.63, 3.8) is 0 Å². The van der Waals surface area contributed by atoms with E-state index in [4.69, 9.17) is 45.0 Å². The topological polar surface area (TPSA) is 200 Å². The van der Waals surface area contributed by atoms with E-state index in [1.165, 1.54) is 0 Å². The standard InChI is InChI=1S/C3H7O3.C3H5O3.C2H6O2.2CHO2.2Y/c1-5-6-3-2-4;4-1-2-6-3-5;3-1-2-4;2*2-1-3;;/h4H,1-3H2;4H,1-2H2;3-4H,1-2H2;2*(H,2,3);;/q2*-1;;2*-1;;. The fourth-order valence-electron chi connectivity index (χ4n) is 0.184. The molecule has 0 unspecified atom stereocenters. The van der Waals surface area contributed by atoms with Crippen LogP contribution in [0.2, 0.25) is 0 Å². The average Bonchev–Trinajstić information content (AvgIpc) is 2.53. The molecule has 0 heterocycles. The number of rotatable bonds is 7. The van der Waals surface area contributed by atoms with Crippen molar-refractivity contribution in [2.75, 3.05) is 39.6 Å². The van der Waals surface area contributed by atoms with Gasteiger partial charge in [0, 0.05) is 65.4 Å². The molecular weight excluding hydrogens is 490 g/mol. The molecule has 12 nitrogen and oxygen atoms in total. The third kappa shape index (κ3) is 188. The Bertz CT molecular complexity index is 164. The maximum Gasteiger partial charge on any atom is 0.102 e. The minimum absolute atomic E-state index is 0. The first-order valence-corrected chi connectivity index (χ1v) is 5.06. The van der Waals surface area contributed by atoms with Crippen LogP contribution < -0.4 is 0 Å². The van der Waals surface area contributed by atoms with Gasteiger partial charge in [0.05, 0.1) is 33.0 Å². The van der Waals surface area contributed by atoms with E-state index in [1.807, 2.05) is 0 Å². The Kier molecular flexibility index (Phi) is 140. The van der Waals surface area contributed by atoms with E-state index in [1.54, 1.807) is 0 Å². The van der Waals surface area contributed by atoms with Gasteiger partial charge >= 0.3 is 0 Å². The molecule has 0 aliphatic carbocycles. The van der Waals surface area contributed by atoms with Gasteiger partial charge in [-0.05, 0) is 0 Å². The summed E-state index contributed by atoms with van der Waals surface area (Å²) in [4.78, 5) is 33.6. The van der Waals surface area contributed by atoms with Crippen molar-refractivity contribution < 1.29 is 125 Å². The molecule has 142 valence electrons. The second-order valence-electron chi connectivity index (χ2n) is 1.95. The monoisotopic (exact) mass is 510 g/mol. The van der Waals surface area contributed by atoms with Crippen LogP contribution in [0, 0.1) is 7.11 Å². The SMILES string of the molecule is O=[C-]O.O=[C-]O.O=[C-]OCCO.OCCO.[CH2-]OOCCO.[Y].[Y].